The van der Waals surface area contributed by atoms with Crippen molar-refractivity contribution in [3.8, 4) is 0 Å². The van der Waals surface area contributed by atoms with Gasteiger partial charge in [0.25, 0.3) is 0 Å². The van der Waals surface area contributed by atoms with E-state index in [1.807, 2.05) is 30.3 Å². The molecule has 5 heteroatoms. The second-order valence-corrected chi connectivity index (χ2v) is 2.19. The zero-order valence-electron chi connectivity index (χ0n) is 5.81. The molecule has 3 nitrogen and oxygen atoms in total. The maximum absolute atomic E-state index is 3.83. The van der Waals surface area contributed by atoms with E-state index in [1.165, 1.54) is 0 Å². The average molecular weight is 192 g/mol. The Kier molecular flexibility index (Phi) is 6.95. The summed E-state index contributed by atoms with van der Waals surface area (Å²) in [7, 11) is 0. The number of hydrogen-bond donors (Lipinski definition) is 0. The summed E-state index contributed by atoms with van der Waals surface area (Å²) >= 11 is 0. The zero-order chi connectivity index (χ0) is 7.52. The molecule has 1 heterocycles. The van der Waals surface area contributed by atoms with Crippen LogP contribution < -0.4 is 5.53 Å². The predicted octanol–water partition coefficient (Wildman–Crippen LogP) is -0.303. The fourth-order valence-corrected chi connectivity index (χ4v) is 0.922. The van der Waals surface area contributed by atoms with E-state index in [0.29, 0.717) is 0 Å². The Morgan fingerprint density at radius 2 is 1.62 bits per heavy atom. The normalized spacial score (nSPS) is 12.2. The first-order valence-electron chi connectivity index (χ1n) is 3.33. The molecule has 1 radical (unpaired) electrons. The molecule has 0 atom stereocenters. The Hall–Kier alpha value is 0.360. The van der Waals surface area contributed by atoms with Gasteiger partial charge in [0.15, 0.2) is 0 Å². The molecule has 2 rings (SSSR count). The number of rotatable bonds is 1. The molecule has 0 saturated carbocycles. The van der Waals surface area contributed by atoms with Gasteiger partial charge in [-0.1, -0.05) is 30.3 Å². The molecular weight excluding hydrogens is 184 g/mol. The quantitative estimate of drug-likeness (QED) is 0.548. The van der Waals surface area contributed by atoms with Gasteiger partial charge in [-0.25, -0.2) is 0 Å². The summed E-state index contributed by atoms with van der Waals surface area (Å²) in [6, 6.07) is 9.85. The van der Waals surface area contributed by atoms with Crippen LogP contribution in [-0.2, 0) is 0 Å². The minimum absolute atomic E-state index is 0. The summed E-state index contributed by atoms with van der Waals surface area (Å²) in [5.41, 5.74) is 5.38. The number of nitrogens with zero attached hydrogens (tertiary/aromatic N) is 3. The fourth-order valence-electron chi connectivity index (χ4n) is 0.922. The minimum atomic E-state index is 0. The average Bonchev–Trinajstić information content (AvgIpc) is 2.58. The summed E-state index contributed by atoms with van der Waals surface area (Å²) in [5, 5.41) is 7.46. The van der Waals surface area contributed by atoms with Crippen molar-refractivity contribution in [1.82, 2.24) is 5.53 Å². The molecule has 1 aliphatic rings. The van der Waals surface area contributed by atoms with Crippen LogP contribution in [0.1, 0.15) is 5.56 Å². The van der Waals surface area contributed by atoms with Crippen molar-refractivity contribution < 1.29 is 0 Å². The van der Waals surface area contributed by atoms with Gasteiger partial charge >= 0.3 is 59.1 Å². The van der Waals surface area contributed by atoms with E-state index in [4.69, 9.17) is 0 Å². The third kappa shape index (κ3) is 3.54. The molecule has 1 aromatic rings. The fraction of sp³-hybridized carbons (Fsp3) is 0. The van der Waals surface area contributed by atoms with Gasteiger partial charge in [-0.3, -0.25) is 0 Å². The summed E-state index contributed by atoms with van der Waals surface area (Å²) in [4.78, 5) is 0. The summed E-state index contributed by atoms with van der Waals surface area (Å²) in [5.74, 6) is 0. The third-order valence-corrected chi connectivity index (χ3v) is 1.45. The first-order chi connectivity index (χ1) is 5.47. The SMILES string of the molecule is C1=N[N]N=C1c1ccccc1.[NaH].[NaH]. The molecule has 0 unspecified atom stereocenters. The molecule has 0 aromatic heterocycles. The van der Waals surface area contributed by atoms with Gasteiger partial charge in [-0.2, -0.15) is 0 Å². The summed E-state index contributed by atoms with van der Waals surface area (Å²) in [6.07, 6.45) is 1.65. The van der Waals surface area contributed by atoms with Crippen LogP contribution in [0.4, 0.5) is 0 Å². The van der Waals surface area contributed by atoms with Crippen molar-refractivity contribution in [3.63, 3.8) is 0 Å². The van der Waals surface area contributed by atoms with Gasteiger partial charge in [0.1, 0.15) is 5.71 Å². The van der Waals surface area contributed by atoms with Gasteiger partial charge in [0.05, 0.1) is 6.21 Å². The van der Waals surface area contributed by atoms with Gasteiger partial charge in [0.2, 0.25) is 0 Å². The Balaban J connectivity index is 0.000000720. The van der Waals surface area contributed by atoms with Crippen molar-refractivity contribution in [3.05, 3.63) is 35.9 Å². The predicted molar refractivity (Wildman–Crippen MR) is 57.9 cm³/mol. The van der Waals surface area contributed by atoms with Crippen LogP contribution in [0.15, 0.2) is 40.5 Å². The molecule has 0 saturated heterocycles. The van der Waals surface area contributed by atoms with Crippen molar-refractivity contribution in [2.24, 2.45) is 10.2 Å². The Bertz CT molecular complexity index is 308. The van der Waals surface area contributed by atoms with Crippen LogP contribution >= 0.6 is 0 Å². The van der Waals surface area contributed by atoms with E-state index >= 15 is 0 Å². The standard InChI is InChI=1S/C8H6N3.2Na.2H/c1-2-4-7(5-3-1)8-6-9-11-10-8;;;;/h1-6H;;;;. The molecule has 57 valence electrons. The second kappa shape index (κ2) is 6.76. The number of hydrogen-bond acceptors (Lipinski definition) is 2. The van der Waals surface area contributed by atoms with E-state index < -0.39 is 0 Å². The van der Waals surface area contributed by atoms with Crippen LogP contribution in [0.3, 0.4) is 0 Å². The molecule has 13 heavy (non-hydrogen) atoms. The molecular formula is C8H8N3Na2. The van der Waals surface area contributed by atoms with Crippen molar-refractivity contribution in [2.75, 3.05) is 0 Å². The van der Waals surface area contributed by atoms with E-state index in [9.17, 15) is 0 Å². The molecule has 0 fully saturated rings. The number of benzene rings is 1. The molecule has 0 bridgehead atoms. The van der Waals surface area contributed by atoms with Crippen LogP contribution in [0, 0.1) is 0 Å². The summed E-state index contributed by atoms with van der Waals surface area (Å²) in [6.45, 7) is 0. The van der Waals surface area contributed by atoms with Gasteiger partial charge in [0, 0.05) is 5.56 Å². The van der Waals surface area contributed by atoms with Crippen LogP contribution in [-0.4, -0.2) is 71.0 Å². The van der Waals surface area contributed by atoms with E-state index in [2.05, 4.69) is 15.7 Å². The van der Waals surface area contributed by atoms with Gasteiger partial charge in [-0.15, -0.1) is 10.2 Å². The molecule has 1 aromatic carbocycles. The van der Waals surface area contributed by atoms with Crippen molar-refractivity contribution >= 4 is 71.0 Å². The third-order valence-electron chi connectivity index (χ3n) is 1.45. The van der Waals surface area contributed by atoms with Crippen LogP contribution in [0.25, 0.3) is 0 Å². The molecule has 0 amide bonds. The topological polar surface area (TPSA) is 38.8 Å². The van der Waals surface area contributed by atoms with Gasteiger partial charge in [-0.05, 0) is 5.53 Å². The van der Waals surface area contributed by atoms with Crippen LogP contribution in [0.5, 0.6) is 0 Å². The zero-order valence-corrected chi connectivity index (χ0v) is 5.81. The molecule has 0 N–H and O–H groups in total. The van der Waals surface area contributed by atoms with E-state index in [1.54, 1.807) is 6.21 Å². The van der Waals surface area contributed by atoms with E-state index in [0.717, 1.165) is 11.3 Å². The first kappa shape index (κ1) is 13.4. The molecule has 0 spiro atoms. The van der Waals surface area contributed by atoms with Gasteiger partial charge < -0.3 is 0 Å². The first-order valence-corrected chi connectivity index (χ1v) is 3.33. The Labute approximate surface area is 121 Å². The Morgan fingerprint density at radius 1 is 0.923 bits per heavy atom. The second-order valence-electron chi connectivity index (χ2n) is 2.19. The monoisotopic (exact) mass is 192 g/mol. The molecule has 0 aliphatic carbocycles. The van der Waals surface area contributed by atoms with E-state index in [-0.39, 0.29) is 59.1 Å². The van der Waals surface area contributed by atoms with Crippen molar-refractivity contribution in [1.29, 1.82) is 0 Å². The van der Waals surface area contributed by atoms with Crippen molar-refractivity contribution in [2.45, 2.75) is 0 Å². The summed E-state index contributed by atoms with van der Waals surface area (Å²) < 4.78 is 0. The van der Waals surface area contributed by atoms with Crippen LogP contribution in [0.2, 0.25) is 0 Å². The molecule has 1 aliphatic heterocycles. The maximum atomic E-state index is 3.83. The Morgan fingerprint density at radius 3 is 2.15 bits per heavy atom.